The van der Waals surface area contributed by atoms with Crippen molar-refractivity contribution < 1.29 is 5.11 Å². The largest absolute Gasteiger partial charge is 0.393 e. The second-order valence-corrected chi connectivity index (χ2v) is 17.9. The summed E-state index contributed by atoms with van der Waals surface area (Å²) in [7, 11) is 0. The number of aliphatic hydroxyl groups is 1. The highest BCUT2D eigenvalue weighted by Crippen LogP contribution is 2.65. The van der Waals surface area contributed by atoms with Gasteiger partial charge in [-0.1, -0.05) is 57.9 Å². The van der Waals surface area contributed by atoms with Gasteiger partial charge in [0.1, 0.15) is 0 Å². The molecular weight excluding hydrogens is 520 g/mol. The Balaban J connectivity index is 0.000000150. The first-order chi connectivity index (χ1) is 20.3. The van der Waals surface area contributed by atoms with Crippen LogP contribution in [0.1, 0.15) is 158 Å². The predicted octanol–water partition coefficient (Wildman–Crippen LogP) is 11.8. The van der Waals surface area contributed by atoms with Gasteiger partial charge in [-0.25, -0.2) is 0 Å². The van der Waals surface area contributed by atoms with E-state index in [-0.39, 0.29) is 13.5 Å². The van der Waals surface area contributed by atoms with Gasteiger partial charge in [0, 0.05) is 0 Å². The van der Waals surface area contributed by atoms with E-state index < -0.39 is 0 Å². The fourth-order valence-electron chi connectivity index (χ4n) is 14.6. The highest BCUT2D eigenvalue weighted by atomic mass is 16.3. The van der Waals surface area contributed by atoms with Gasteiger partial charge in [0.25, 0.3) is 0 Å². The van der Waals surface area contributed by atoms with Crippen LogP contribution in [0.3, 0.4) is 0 Å². The van der Waals surface area contributed by atoms with Gasteiger partial charge in [-0.05, 0) is 199 Å². The van der Waals surface area contributed by atoms with Crippen molar-refractivity contribution in [3.63, 3.8) is 0 Å². The van der Waals surface area contributed by atoms with Gasteiger partial charge in [-0.2, -0.15) is 0 Å². The van der Waals surface area contributed by atoms with Crippen LogP contribution in [0, 0.1) is 75.9 Å². The van der Waals surface area contributed by atoms with Crippen LogP contribution in [-0.4, -0.2) is 11.2 Å². The molecule has 0 aliphatic heterocycles. The van der Waals surface area contributed by atoms with Crippen LogP contribution in [-0.2, 0) is 0 Å². The topological polar surface area (TPSA) is 20.2 Å². The molecule has 0 spiro atoms. The molecule has 0 unspecified atom stereocenters. The second-order valence-electron chi connectivity index (χ2n) is 17.9. The fourth-order valence-corrected chi connectivity index (χ4v) is 14.6. The van der Waals surface area contributed by atoms with Crippen molar-refractivity contribution in [1.82, 2.24) is 0 Å². The molecule has 0 heterocycles. The molecule has 1 N–H and O–H groups in total. The van der Waals surface area contributed by atoms with E-state index >= 15 is 0 Å². The van der Waals surface area contributed by atoms with Crippen molar-refractivity contribution >= 4 is 0 Å². The smallest absolute Gasteiger partial charge is 0.0543 e. The third-order valence-electron chi connectivity index (χ3n) is 16.5. The Labute approximate surface area is 267 Å². The maximum Gasteiger partial charge on any atom is 0.0543 e. The minimum Gasteiger partial charge on any atom is -0.393 e. The van der Waals surface area contributed by atoms with Crippen molar-refractivity contribution in [2.24, 2.45) is 75.9 Å². The molecule has 43 heavy (non-hydrogen) atoms. The summed E-state index contributed by atoms with van der Waals surface area (Å²) in [4.78, 5) is 0. The van der Waals surface area contributed by atoms with E-state index in [1.54, 1.807) is 37.7 Å². The second kappa shape index (κ2) is 12.6. The fraction of sp³-hybridized carbons (Fsp3) is 0.905. The summed E-state index contributed by atoms with van der Waals surface area (Å²) >= 11 is 0. The zero-order chi connectivity index (χ0) is 29.2. The Morgan fingerprint density at radius 1 is 0.558 bits per heavy atom. The number of rotatable bonds is 0. The summed E-state index contributed by atoms with van der Waals surface area (Å²) in [5, 5.41) is 9.99. The summed E-state index contributed by atoms with van der Waals surface area (Å²) in [6, 6.07) is 0. The highest BCUT2D eigenvalue weighted by Gasteiger charge is 2.56. The molecule has 0 radical (unpaired) electrons. The lowest BCUT2D eigenvalue weighted by molar-refractivity contribution is -0.0610. The maximum absolute atomic E-state index is 9.99. The number of aliphatic hydroxyl groups excluding tert-OH is 1. The van der Waals surface area contributed by atoms with Gasteiger partial charge in [0.2, 0.25) is 0 Å². The van der Waals surface area contributed by atoms with E-state index in [1.165, 1.54) is 70.6 Å². The Morgan fingerprint density at radius 2 is 1.02 bits per heavy atom. The Bertz CT molecular complexity index is 955. The highest BCUT2D eigenvalue weighted by molar-refractivity contribution is 5.24. The monoisotopic (exact) mass is 591 g/mol. The Hall–Kier alpha value is -0.560. The predicted molar refractivity (Wildman–Crippen MR) is 184 cm³/mol. The molecular formula is C42H70O. The minimum atomic E-state index is 0. The SMILES string of the molecule is C.CC=C1CC[C@H]2[C@@H]3CC[C@@H]4C[C@@H](C)CC[C@@H]4[C@H]3CC[C@]12C.CC=C1CC[C@H]2[C@@H]3CC[C@@H]4C[C@@H](O)CC[C@@H]4[C@H]3CC[C@]12C. The molecule has 8 aliphatic carbocycles. The van der Waals surface area contributed by atoms with Gasteiger partial charge in [0.05, 0.1) is 6.10 Å². The lowest BCUT2D eigenvalue weighted by Gasteiger charge is -2.55. The zero-order valence-corrected chi connectivity index (χ0v) is 28.3. The van der Waals surface area contributed by atoms with Gasteiger partial charge < -0.3 is 5.11 Å². The number of hydrogen-bond acceptors (Lipinski definition) is 1. The normalized spacial score (nSPS) is 53.6. The molecule has 0 amide bonds. The molecule has 8 fully saturated rings. The Morgan fingerprint density at radius 3 is 1.53 bits per heavy atom. The molecule has 0 aromatic rings. The summed E-state index contributed by atoms with van der Waals surface area (Å²) in [5.74, 6) is 11.2. The third kappa shape index (κ3) is 5.38. The molecule has 14 atom stereocenters. The van der Waals surface area contributed by atoms with Crippen LogP contribution < -0.4 is 0 Å². The molecule has 0 aromatic carbocycles. The molecule has 0 aromatic heterocycles. The van der Waals surface area contributed by atoms with Crippen LogP contribution in [0.2, 0.25) is 0 Å². The van der Waals surface area contributed by atoms with Crippen LogP contribution in [0.25, 0.3) is 0 Å². The lowest BCUT2D eigenvalue weighted by atomic mass is 9.50. The average Bonchev–Trinajstić information content (AvgIpc) is 3.52. The van der Waals surface area contributed by atoms with Crippen molar-refractivity contribution in [2.75, 3.05) is 0 Å². The van der Waals surface area contributed by atoms with Crippen molar-refractivity contribution in [2.45, 2.75) is 164 Å². The summed E-state index contributed by atoms with van der Waals surface area (Å²) in [6.45, 7) is 12.2. The molecule has 8 rings (SSSR count). The molecule has 8 aliphatic rings. The van der Waals surface area contributed by atoms with E-state index in [1.807, 2.05) is 5.57 Å². The van der Waals surface area contributed by atoms with Crippen LogP contribution in [0.5, 0.6) is 0 Å². The number of hydrogen-bond donors (Lipinski definition) is 1. The van der Waals surface area contributed by atoms with Crippen LogP contribution in [0.4, 0.5) is 0 Å². The average molecular weight is 591 g/mol. The van der Waals surface area contributed by atoms with Gasteiger partial charge in [-0.3, -0.25) is 0 Å². The minimum absolute atomic E-state index is 0. The quantitative estimate of drug-likeness (QED) is 0.278. The first-order valence-corrected chi connectivity index (χ1v) is 19.3. The summed E-state index contributed by atoms with van der Waals surface area (Å²) < 4.78 is 0. The van der Waals surface area contributed by atoms with Crippen molar-refractivity contribution in [3.05, 3.63) is 23.3 Å². The van der Waals surface area contributed by atoms with Gasteiger partial charge in [-0.15, -0.1) is 0 Å². The van der Waals surface area contributed by atoms with Gasteiger partial charge in [0.15, 0.2) is 0 Å². The third-order valence-corrected chi connectivity index (χ3v) is 16.5. The number of allylic oxidation sites excluding steroid dienone is 4. The first kappa shape index (κ1) is 32.4. The van der Waals surface area contributed by atoms with E-state index in [4.69, 9.17) is 0 Å². The van der Waals surface area contributed by atoms with Gasteiger partial charge >= 0.3 is 0 Å². The molecule has 0 saturated heterocycles. The van der Waals surface area contributed by atoms with E-state index in [0.717, 1.165) is 77.9 Å². The number of fused-ring (bicyclic) bond motifs is 10. The molecule has 244 valence electrons. The molecule has 0 bridgehead atoms. The zero-order valence-electron chi connectivity index (χ0n) is 28.3. The summed E-state index contributed by atoms with van der Waals surface area (Å²) in [6.07, 6.45) is 30.7. The Kier molecular flexibility index (Phi) is 9.46. The lowest BCUT2D eigenvalue weighted by Crippen LogP contribution is -2.48. The summed E-state index contributed by atoms with van der Waals surface area (Å²) in [5.41, 5.74) is 4.71. The van der Waals surface area contributed by atoms with Crippen LogP contribution >= 0.6 is 0 Å². The van der Waals surface area contributed by atoms with Crippen molar-refractivity contribution in [1.29, 1.82) is 0 Å². The standard InChI is InChI=1S/C21H34.C20H32O.CH4/c1-4-16-7-10-20-19-9-6-15-13-14(2)5-8-17(15)18(19)11-12-21(16,20)3;1-3-14-5-9-19-18-7-4-13-12-15(21)6-8-16(13)17(18)10-11-20(14,19)2;/h4,14-15,17-20H,5-13H2,1-3H3;3,13,15-19,21H,4-12H2,1-2H3;1H4/t14-,15+,17-,18+,19+,20-,21+;13-,15+,16+,17-,18-,19+,20-;/m01./s1. The maximum atomic E-state index is 9.99. The van der Waals surface area contributed by atoms with E-state index in [2.05, 4.69) is 46.8 Å². The molecule has 1 heteroatoms. The van der Waals surface area contributed by atoms with Crippen molar-refractivity contribution in [3.8, 4) is 0 Å². The van der Waals surface area contributed by atoms with Crippen LogP contribution in [0.15, 0.2) is 23.3 Å². The van der Waals surface area contributed by atoms with E-state index in [0.29, 0.717) is 10.8 Å². The molecule has 1 nitrogen and oxygen atoms in total. The molecule has 8 saturated carbocycles. The van der Waals surface area contributed by atoms with E-state index in [9.17, 15) is 5.11 Å². The first-order valence-electron chi connectivity index (χ1n) is 19.3.